The van der Waals surface area contributed by atoms with E-state index >= 15 is 0 Å². The minimum absolute atomic E-state index is 0.0575. The molecule has 40 heavy (non-hydrogen) atoms. The van der Waals surface area contributed by atoms with Gasteiger partial charge in [0.2, 0.25) is 5.91 Å². The van der Waals surface area contributed by atoms with Crippen LogP contribution in [0.1, 0.15) is 33.6 Å². The summed E-state index contributed by atoms with van der Waals surface area (Å²) in [6.45, 7) is 1.41. The molecule has 13 heteroatoms. The summed E-state index contributed by atoms with van der Waals surface area (Å²) in [5.41, 5.74) is 4.43. The molecule has 0 saturated heterocycles. The molecule has 0 spiro atoms. The number of halogens is 5. The average Bonchev–Trinajstić information content (AvgIpc) is 2.94. The first-order valence-corrected chi connectivity index (χ1v) is 12.5. The van der Waals surface area contributed by atoms with E-state index in [-0.39, 0.29) is 23.3 Å². The van der Waals surface area contributed by atoms with Gasteiger partial charge < -0.3 is 0 Å². The van der Waals surface area contributed by atoms with Crippen molar-refractivity contribution >= 4 is 46.2 Å². The molecule has 4 rings (SSSR count). The fourth-order valence-corrected chi connectivity index (χ4v) is 4.39. The van der Waals surface area contributed by atoms with E-state index in [1.807, 2.05) is 6.07 Å². The Bertz CT molecular complexity index is 1570. The van der Waals surface area contributed by atoms with Gasteiger partial charge in [-0.3, -0.25) is 15.0 Å². The van der Waals surface area contributed by atoms with E-state index in [0.717, 1.165) is 6.07 Å². The molecular formula is C27H19Cl2F3N6O2. The maximum atomic E-state index is 13.3. The minimum Gasteiger partial charge on any atom is -0.288 e. The summed E-state index contributed by atoms with van der Waals surface area (Å²) in [5.74, 6) is -1.76. The summed E-state index contributed by atoms with van der Waals surface area (Å²) in [4.78, 5) is 29.2. The number of nitrogens with one attached hydrogen (secondary N) is 2. The Balaban J connectivity index is 1.98. The third kappa shape index (κ3) is 6.04. The summed E-state index contributed by atoms with van der Waals surface area (Å²) in [7, 11) is 0. The van der Waals surface area contributed by atoms with E-state index in [4.69, 9.17) is 23.2 Å². The molecule has 1 unspecified atom stereocenters. The van der Waals surface area contributed by atoms with E-state index in [1.165, 1.54) is 25.1 Å². The first-order valence-electron chi connectivity index (χ1n) is 11.6. The highest BCUT2D eigenvalue weighted by atomic mass is 35.5. The van der Waals surface area contributed by atoms with E-state index in [2.05, 4.69) is 26.1 Å². The molecule has 1 aliphatic rings. The van der Waals surface area contributed by atoms with Crippen LogP contribution >= 0.6 is 23.2 Å². The monoisotopic (exact) mass is 586 g/mol. The first kappa shape index (κ1) is 28.9. The lowest BCUT2D eigenvalue weighted by molar-refractivity contribution is -0.141. The van der Waals surface area contributed by atoms with Crippen LogP contribution in [0, 0.1) is 18.3 Å². The second-order valence-electron chi connectivity index (χ2n) is 8.73. The van der Waals surface area contributed by atoms with Crippen LogP contribution in [0.5, 0.6) is 0 Å². The number of azo groups is 1. The van der Waals surface area contributed by atoms with Crippen molar-refractivity contribution in [2.24, 2.45) is 10.2 Å². The average molecular weight is 587 g/mol. The van der Waals surface area contributed by atoms with E-state index in [0.29, 0.717) is 27.3 Å². The van der Waals surface area contributed by atoms with Gasteiger partial charge in [-0.05, 0) is 53.9 Å². The molecule has 0 radical (unpaired) electrons. The zero-order chi connectivity index (χ0) is 29.1. The second-order valence-corrected chi connectivity index (χ2v) is 9.44. The number of carbonyl (C=O) groups excluding carboxylic acids is 2. The fourth-order valence-electron chi connectivity index (χ4n) is 4.20. The number of hydrazine groups is 1. The van der Waals surface area contributed by atoms with Gasteiger partial charge in [-0.25, -0.2) is 10.4 Å². The van der Waals surface area contributed by atoms with Crippen molar-refractivity contribution in [2.45, 2.75) is 25.2 Å². The van der Waals surface area contributed by atoms with Crippen LogP contribution in [-0.4, -0.2) is 28.3 Å². The lowest BCUT2D eigenvalue weighted by atomic mass is 9.81. The Kier molecular flexibility index (Phi) is 8.34. The number of hydrogen-bond acceptors (Lipinski definition) is 6. The van der Waals surface area contributed by atoms with Gasteiger partial charge in [0.1, 0.15) is 11.6 Å². The summed E-state index contributed by atoms with van der Waals surface area (Å²) < 4.78 is 39.9. The molecule has 2 aromatic carbocycles. The fraction of sp³-hybridized carbons (Fsp3) is 0.185. The molecule has 0 fully saturated rings. The van der Waals surface area contributed by atoms with E-state index in [9.17, 15) is 28.0 Å². The number of carbonyl (C=O) groups is 2. The van der Waals surface area contributed by atoms with Gasteiger partial charge in [0.15, 0.2) is 5.66 Å². The molecule has 8 nitrogen and oxygen atoms in total. The Morgan fingerprint density at radius 1 is 1.05 bits per heavy atom. The number of hydrogen-bond donors (Lipinski definition) is 2. The van der Waals surface area contributed by atoms with Crippen LogP contribution in [0.2, 0.25) is 5.02 Å². The summed E-state index contributed by atoms with van der Waals surface area (Å²) in [5, 5.41) is 17.7. The van der Waals surface area contributed by atoms with Crippen LogP contribution in [0.15, 0.2) is 70.9 Å². The van der Waals surface area contributed by atoms with Crippen molar-refractivity contribution in [2.75, 3.05) is 5.88 Å². The zero-order valence-electron chi connectivity index (χ0n) is 20.7. The Hall–Kier alpha value is -4.11. The SMILES string of the molecule is Cc1nc(C(F)(F)F)ccc1CC1(NNC(=O)CCl)N=NC(=O)C(c2ccc(C#N)cc2)=C1c1ccc(Cl)cc1. The molecule has 0 aliphatic carbocycles. The molecule has 0 bridgehead atoms. The van der Waals surface area contributed by atoms with Gasteiger partial charge >= 0.3 is 6.18 Å². The van der Waals surface area contributed by atoms with Gasteiger partial charge in [-0.1, -0.05) is 41.9 Å². The number of alkyl halides is 4. The van der Waals surface area contributed by atoms with Gasteiger partial charge in [0.05, 0.1) is 17.2 Å². The Morgan fingerprint density at radius 2 is 1.70 bits per heavy atom. The first-order chi connectivity index (χ1) is 19.0. The van der Waals surface area contributed by atoms with Gasteiger partial charge in [0.25, 0.3) is 5.91 Å². The minimum atomic E-state index is -4.65. The van der Waals surface area contributed by atoms with E-state index in [1.54, 1.807) is 36.4 Å². The summed E-state index contributed by atoms with van der Waals surface area (Å²) in [6.07, 6.45) is -4.83. The molecule has 2 heterocycles. The van der Waals surface area contributed by atoms with Crippen LogP contribution in [0.4, 0.5) is 13.2 Å². The van der Waals surface area contributed by atoms with Crippen molar-refractivity contribution in [3.63, 3.8) is 0 Å². The quantitative estimate of drug-likeness (QED) is 0.274. The highest BCUT2D eigenvalue weighted by molar-refractivity contribution is 6.31. The molecule has 3 aromatic rings. The number of pyridine rings is 1. The molecule has 1 atom stereocenters. The van der Waals surface area contributed by atoms with E-state index < -0.39 is 35.2 Å². The number of rotatable bonds is 7. The molecule has 2 amide bonds. The van der Waals surface area contributed by atoms with Crippen LogP contribution in [-0.2, 0) is 22.2 Å². The Morgan fingerprint density at radius 3 is 2.27 bits per heavy atom. The predicted octanol–water partition coefficient (Wildman–Crippen LogP) is 5.64. The van der Waals surface area contributed by atoms with Crippen LogP contribution in [0.25, 0.3) is 11.1 Å². The number of benzene rings is 2. The van der Waals surface area contributed by atoms with Crippen molar-refractivity contribution < 1.29 is 22.8 Å². The maximum absolute atomic E-state index is 13.3. The zero-order valence-corrected chi connectivity index (χ0v) is 22.2. The molecule has 1 aromatic heterocycles. The van der Waals surface area contributed by atoms with Crippen molar-refractivity contribution in [3.05, 3.63) is 99.3 Å². The van der Waals surface area contributed by atoms with Crippen molar-refractivity contribution in [1.29, 1.82) is 5.26 Å². The number of aryl methyl sites for hydroxylation is 1. The second kappa shape index (κ2) is 11.6. The standard InChI is InChI=1S/C27H19Cl2F3N6O2/c1-15-19(8-11-21(34-15)27(30,31)32)12-26(37-35-22(39)13-28)24(18-6-9-20(29)10-7-18)23(25(40)36-38-26)17-4-2-16(14-33)3-5-17/h2-11,37H,12-13H2,1H3,(H,35,39). The predicted molar refractivity (Wildman–Crippen MR) is 142 cm³/mol. The lowest BCUT2D eigenvalue weighted by Gasteiger charge is -2.36. The van der Waals surface area contributed by atoms with Crippen molar-refractivity contribution in [3.8, 4) is 6.07 Å². The smallest absolute Gasteiger partial charge is 0.288 e. The summed E-state index contributed by atoms with van der Waals surface area (Å²) in [6, 6.07) is 16.7. The topological polar surface area (TPSA) is 120 Å². The van der Waals surface area contributed by atoms with Crippen molar-refractivity contribution in [1.82, 2.24) is 15.8 Å². The molecule has 1 aliphatic heterocycles. The number of amides is 2. The van der Waals surface area contributed by atoms with Gasteiger partial charge in [-0.2, -0.15) is 23.5 Å². The molecule has 2 N–H and O–H groups in total. The lowest BCUT2D eigenvalue weighted by Crippen LogP contribution is -2.56. The molecule has 204 valence electrons. The number of nitriles is 1. The number of aromatic nitrogens is 1. The van der Waals surface area contributed by atoms with Crippen LogP contribution < -0.4 is 10.9 Å². The highest BCUT2D eigenvalue weighted by Gasteiger charge is 2.44. The maximum Gasteiger partial charge on any atom is 0.433 e. The largest absolute Gasteiger partial charge is 0.433 e. The third-order valence-electron chi connectivity index (χ3n) is 6.09. The summed E-state index contributed by atoms with van der Waals surface area (Å²) >= 11 is 11.8. The molecular weight excluding hydrogens is 568 g/mol. The normalized spacial score (nSPS) is 17.1. The van der Waals surface area contributed by atoms with Crippen LogP contribution in [0.3, 0.4) is 0 Å². The highest BCUT2D eigenvalue weighted by Crippen LogP contribution is 2.42. The van der Waals surface area contributed by atoms with Gasteiger partial charge in [0, 0.05) is 22.7 Å². The van der Waals surface area contributed by atoms with Gasteiger partial charge in [-0.15, -0.1) is 16.7 Å². The third-order valence-corrected chi connectivity index (χ3v) is 6.58. The Labute approximate surface area is 236 Å². The number of nitrogens with zero attached hydrogens (tertiary/aromatic N) is 4. The molecule has 0 saturated carbocycles.